The van der Waals surface area contributed by atoms with Crippen molar-refractivity contribution >= 4 is 17.7 Å². The van der Waals surface area contributed by atoms with Crippen LogP contribution >= 0.6 is 11.8 Å². The van der Waals surface area contributed by atoms with E-state index in [1.54, 1.807) is 26.0 Å². The average Bonchev–Trinajstić information content (AvgIpc) is 2.65. The summed E-state index contributed by atoms with van der Waals surface area (Å²) in [6, 6.07) is 14.1. The van der Waals surface area contributed by atoms with Gasteiger partial charge in [-0.05, 0) is 36.6 Å². The molecule has 1 amide bonds. The van der Waals surface area contributed by atoms with Crippen LogP contribution < -0.4 is 14.8 Å². The van der Waals surface area contributed by atoms with E-state index in [1.165, 1.54) is 11.1 Å². The monoisotopic (exact) mass is 373 g/mol. The van der Waals surface area contributed by atoms with Crippen LogP contribution in [-0.2, 0) is 10.5 Å². The van der Waals surface area contributed by atoms with Gasteiger partial charge in [0.25, 0.3) is 0 Å². The van der Waals surface area contributed by atoms with E-state index in [0.29, 0.717) is 17.3 Å². The van der Waals surface area contributed by atoms with Crippen LogP contribution in [0.25, 0.3) is 0 Å². The van der Waals surface area contributed by atoms with Crippen LogP contribution in [0.2, 0.25) is 0 Å². The van der Waals surface area contributed by atoms with Gasteiger partial charge in [-0.3, -0.25) is 4.79 Å². The number of hydrogen-bond acceptors (Lipinski definition) is 4. The average molecular weight is 374 g/mol. The van der Waals surface area contributed by atoms with E-state index in [-0.39, 0.29) is 11.9 Å². The molecule has 5 heteroatoms. The van der Waals surface area contributed by atoms with Crippen molar-refractivity contribution in [1.29, 1.82) is 0 Å². The Bertz CT molecular complexity index is 733. The lowest BCUT2D eigenvalue weighted by Gasteiger charge is -2.19. The number of nitrogens with one attached hydrogen (secondary N) is 1. The maximum absolute atomic E-state index is 12.3. The predicted molar refractivity (Wildman–Crippen MR) is 108 cm³/mol. The molecule has 1 N–H and O–H groups in total. The van der Waals surface area contributed by atoms with Crippen LogP contribution in [0.15, 0.2) is 42.5 Å². The van der Waals surface area contributed by atoms with Crippen molar-refractivity contribution in [3.63, 3.8) is 0 Å². The van der Waals surface area contributed by atoms with Crippen molar-refractivity contribution in [2.45, 2.75) is 32.1 Å². The number of methoxy groups -OCH3 is 2. The minimum Gasteiger partial charge on any atom is -0.493 e. The molecular formula is C21H27NO3S. The summed E-state index contributed by atoms with van der Waals surface area (Å²) in [5.41, 5.74) is 3.50. The number of amides is 1. The van der Waals surface area contributed by atoms with Crippen LogP contribution in [0, 0.1) is 6.92 Å². The third-order valence-electron chi connectivity index (χ3n) is 4.14. The maximum Gasteiger partial charge on any atom is 0.230 e. The Hall–Kier alpha value is -2.14. The summed E-state index contributed by atoms with van der Waals surface area (Å²) < 4.78 is 10.6. The van der Waals surface area contributed by atoms with Gasteiger partial charge in [-0.2, -0.15) is 0 Å². The Morgan fingerprint density at radius 3 is 2.54 bits per heavy atom. The molecule has 0 saturated heterocycles. The first-order chi connectivity index (χ1) is 12.6. The Kier molecular flexibility index (Phi) is 7.85. The van der Waals surface area contributed by atoms with Crippen molar-refractivity contribution in [3.05, 3.63) is 59.2 Å². The fraction of sp³-hybridized carbons (Fsp3) is 0.381. The molecule has 0 fully saturated rings. The van der Waals surface area contributed by atoms with Crippen LogP contribution in [0.4, 0.5) is 0 Å². The normalized spacial score (nSPS) is 11.7. The van der Waals surface area contributed by atoms with E-state index in [1.807, 2.05) is 18.2 Å². The molecule has 0 aromatic heterocycles. The molecule has 0 aliphatic carbocycles. The molecule has 1 unspecified atom stereocenters. The summed E-state index contributed by atoms with van der Waals surface area (Å²) in [7, 11) is 3.23. The van der Waals surface area contributed by atoms with E-state index in [4.69, 9.17) is 9.47 Å². The number of thioether (sulfide) groups is 1. The van der Waals surface area contributed by atoms with E-state index >= 15 is 0 Å². The van der Waals surface area contributed by atoms with Gasteiger partial charge in [0.2, 0.25) is 5.91 Å². The molecule has 0 aliphatic rings. The Morgan fingerprint density at radius 1 is 1.12 bits per heavy atom. The fourth-order valence-corrected chi connectivity index (χ4v) is 3.58. The molecule has 1 atom stereocenters. The van der Waals surface area contributed by atoms with E-state index in [2.05, 4.69) is 43.4 Å². The summed E-state index contributed by atoms with van der Waals surface area (Å²) in [6.45, 7) is 4.14. The zero-order valence-electron chi connectivity index (χ0n) is 15.9. The molecule has 0 saturated carbocycles. The Labute approximate surface area is 160 Å². The third kappa shape index (κ3) is 5.70. The van der Waals surface area contributed by atoms with Crippen molar-refractivity contribution in [2.75, 3.05) is 20.0 Å². The molecule has 0 heterocycles. The highest BCUT2D eigenvalue weighted by Gasteiger charge is 2.15. The second kappa shape index (κ2) is 10.1. The number of benzene rings is 2. The summed E-state index contributed by atoms with van der Waals surface area (Å²) in [5, 5.41) is 3.11. The van der Waals surface area contributed by atoms with Gasteiger partial charge in [-0.15, -0.1) is 11.8 Å². The molecule has 2 aromatic rings. The number of carbonyl (C=O) groups is 1. The van der Waals surface area contributed by atoms with E-state index in [9.17, 15) is 4.79 Å². The molecular weight excluding hydrogens is 346 g/mol. The Morgan fingerprint density at radius 2 is 1.88 bits per heavy atom. The minimum atomic E-state index is -0.0399. The van der Waals surface area contributed by atoms with E-state index in [0.717, 1.165) is 17.7 Å². The van der Waals surface area contributed by atoms with Gasteiger partial charge in [-0.1, -0.05) is 42.8 Å². The van der Waals surface area contributed by atoms with Gasteiger partial charge in [0.1, 0.15) is 0 Å². The SMILES string of the molecule is CCC(NC(=O)CSCc1cccc(C)c1)c1ccc(OC)c(OC)c1. The number of rotatable bonds is 9. The molecule has 0 spiro atoms. The molecule has 26 heavy (non-hydrogen) atoms. The highest BCUT2D eigenvalue weighted by atomic mass is 32.2. The number of hydrogen-bond donors (Lipinski definition) is 1. The highest BCUT2D eigenvalue weighted by Crippen LogP contribution is 2.30. The van der Waals surface area contributed by atoms with Crippen LogP contribution in [0.3, 0.4) is 0 Å². The molecule has 2 aromatic carbocycles. The topological polar surface area (TPSA) is 47.6 Å². The first-order valence-corrected chi connectivity index (χ1v) is 9.87. The van der Waals surface area contributed by atoms with Gasteiger partial charge < -0.3 is 14.8 Å². The van der Waals surface area contributed by atoms with Gasteiger partial charge >= 0.3 is 0 Å². The van der Waals surface area contributed by atoms with Crippen molar-refractivity contribution < 1.29 is 14.3 Å². The van der Waals surface area contributed by atoms with E-state index < -0.39 is 0 Å². The smallest absolute Gasteiger partial charge is 0.230 e. The van der Waals surface area contributed by atoms with Crippen LogP contribution in [0.5, 0.6) is 11.5 Å². The number of ether oxygens (including phenoxy) is 2. The second-order valence-electron chi connectivity index (χ2n) is 6.12. The van der Waals surface area contributed by atoms with Crippen molar-refractivity contribution in [3.8, 4) is 11.5 Å². The fourth-order valence-electron chi connectivity index (χ4n) is 2.79. The summed E-state index contributed by atoms with van der Waals surface area (Å²) >= 11 is 1.63. The lowest BCUT2D eigenvalue weighted by atomic mass is 10.0. The molecule has 4 nitrogen and oxygen atoms in total. The largest absolute Gasteiger partial charge is 0.493 e. The lowest BCUT2D eigenvalue weighted by molar-refractivity contribution is -0.119. The van der Waals surface area contributed by atoms with Gasteiger partial charge in [0.05, 0.1) is 26.0 Å². The second-order valence-corrected chi connectivity index (χ2v) is 7.11. The summed E-state index contributed by atoms with van der Waals surface area (Å²) in [6.07, 6.45) is 0.809. The van der Waals surface area contributed by atoms with Gasteiger partial charge in [0, 0.05) is 5.75 Å². The molecule has 2 rings (SSSR count). The molecule has 0 aliphatic heterocycles. The third-order valence-corrected chi connectivity index (χ3v) is 5.14. The minimum absolute atomic E-state index is 0.0399. The molecule has 140 valence electrons. The standard InChI is InChI=1S/C21H27NO3S/c1-5-18(17-9-10-19(24-3)20(12-17)25-4)22-21(23)14-26-13-16-8-6-7-15(2)11-16/h6-12,18H,5,13-14H2,1-4H3,(H,22,23). The number of aryl methyl sites for hydroxylation is 1. The first kappa shape index (κ1) is 20.2. The van der Waals surface area contributed by atoms with Gasteiger partial charge in [0.15, 0.2) is 11.5 Å². The highest BCUT2D eigenvalue weighted by molar-refractivity contribution is 7.99. The van der Waals surface area contributed by atoms with Gasteiger partial charge in [-0.25, -0.2) is 0 Å². The first-order valence-electron chi connectivity index (χ1n) is 8.72. The molecule has 0 radical (unpaired) electrons. The van der Waals surface area contributed by atoms with Crippen LogP contribution in [-0.4, -0.2) is 25.9 Å². The number of carbonyl (C=O) groups excluding carboxylic acids is 1. The quantitative estimate of drug-likeness (QED) is 0.702. The zero-order chi connectivity index (χ0) is 18.9. The maximum atomic E-state index is 12.3. The zero-order valence-corrected chi connectivity index (χ0v) is 16.7. The molecule has 0 bridgehead atoms. The van der Waals surface area contributed by atoms with Crippen molar-refractivity contribution in [1.82, 2.24) is 5.32 Å². The summed E-state index contributed by atoms with van der Waals surface area (Å²) in [5.74, 6) is 2.68. The summed E-state index contributed by atoms with van der Waals surface area (Å²) in [4.78, 5) is 12.3. The van der Waals surface area contributed by atoms with Crippen molar-refractivity contribution in [2.24, 2.45) is 0 Å². The van der Waals surface area contributed by atoms with Crippen LogP contribution in [0.1, 0.15) is 36.1 Å². The lowest BCUT2D eigenvalue weighted by Crippen LogP contribution is -2.29. The Balaban J connectivity index is 1.91. The predicted octanol–water partition coefficient (Wildman–Crippen LogP) is 4.51.